The summed E-state index contributed by atoms with van der Waals surface area (Å²) in [6.07, 6.45) is 2.93. The van der Waals surface area contributed by atoms with Gasteiger partial charge in [0.15, 0.2) is 0 Å². The van der Waals surface area contributed by atoms with Gasteiger partial charge in [-0.2, -0.15) is 0 Å². The van der Waals surface area contributed by atoms with Gasteiger partial charge in [0, 0.05) is 12.6 Å². The summed E-state index contributed by atoms with van der Waals surface area (Å²) >= 11 is 0. The zero-order valence-electron chi connectivity index (χ0n) is 11.2. The summed E-state index contributed by atoms with van der Waals surface area (Å²) in [5.74, 6) is 2.61. The molecule has 2 N–H and O–H groups in total. The summed E-state index contributed by atoms with van der Waals surface area (Å²) in [6.45, 7) is -0.306. The van der Waals surface area contributed by atoms with Gasteiger partial charge in [0.2, 0.25) is 10.0 Å². The molecule has 0 atom stereocenters. The van der Waals surface area contributed by atoms with Gasteiger partial charge in [-0.15, -0.1) is 0 Å². The van der Waals surface area contributed by atoms with Gasteiger partial charge in [-0.1, -0.05) is 18.3 Å². The first-order chi connectivity index (χ1) is 9.94. The molecule has 1 aliphatic carbocycles. The van der Waals surface area contributed by atoms with Crippen LogP contribution in [0, 0.1) is 29.4 Å². The molecule has 7 heteroatoms. The number of hydrogen-bond donors (Lipinski definition) is 2. The number of halogens is 2. The molecule has 21 heavy (non-hydrogen) atoms. The summed E-state index contributed by atoms with van der Waals surface area (Å²) in [5.41, 5.74) is -0.303. The van der Waals surface area contributed by atoms with Gasteiger partial charge < -0.3 is 5.11 Å². The second-order valence-corrected chi connectivity index (χ2v) is 6.58. The van der Waals surface area contributed by atoms with E-state index in [1.807, 2.05) is 0 Å². The van der Waals surface area contributed by atoms with Crippen molar-refractivity contribution in [2.24, 2.45) is 5.92 Å². The number of benzene rings is 1. The zero-order valence-corrected chi connectivity index (χ0v) is 12.0. The number of sulfonamides is 1. The molecular weight excluding hydrogens is 300 g/mol. The van der Waals surface area contributed by atoms with Crippen LogP contribution in [-0.4, -0.2) is 26.7 Å². The Kier molecular flexibility index (Phi) is 4.93. The molecule has 0 amide bonds. The van der Waals surface area contributed by atoms with Crippen LogP contribution in [0.25, 0.3) is 0 Å². The highest BCUT2D eigenvalue weighted by atomic mass is 32.2. The number of aliphatic hydroxyl groups is 1. The average molecular weight is 315 g/mol. The van der Waals surface area contributed by atoms with E-state index >= 15 is 0 Å². The molecule has 0 spiro atoms. The molecule has 1 aromatic rings. The van der Waals surface area contributed by atoms with Crippen LogP contribution in [0.2, 0.25) is 0 Å². The van der Waals surface area contributed by atoms with Gasteiger partial charge in [0.25, 0.3) is 0 Å². The first-order valence-corrected chi connectivity index (χ1v) is 8.01. The minimum Gasteiger partial charge on any atom is -0.384 e. The Morgan fingerprint density at radius 1 is 1.33 bits per heavy atom. The quantitative estimate of drug-likeness (QED) is 0.825. The topological polar surface area (TPSA) is 66.4 Å². The van der Waals surface area contributed by atoms with E-state index in [0.29, 0.717) is 6.07 Å². The molecule has 1 saturated carbocycles. The summed E-state index contributed by atoms with van der Waals surface area (Å²) in [4.78, 5) is -0.677. The first-order valence-electron chi connectivity index (χ1n) is 6.52. The van der Waals surface area contributed by atoms with E-state index in [4.69, 9.17) is 5.11 Å². The van der Waals surface area contributed by atoms with Crippen molar-refractivity contribution < 1.29 is 22.3 Å². The Morgan fingerprint density at radius 3 is 2.62 bits per heavy atom. The van der Waals surface area contributed by atoms with E-state index in [1.54, 1.807) is 0 Å². The Labute approximate surface area is 122 Å². The SMILES string of the molecule is O=S(=O)(NCC1CCC1)c1c(F)cc(F)cc1C#CCO. The maximum Gasteiger partial charge on any atom is 0.244 e. The third-order valence-corrected chi connectivity index (χ3v) is 4.87. The summed E-state index contributed by atoms with van der Waals surface area (Å²) in [6, 6.07) is 1.34. The van der Waals surface area contributed by atoms with Crippen LogP contribution < -0.4 is 4.72 Å². The molecule has 1 aliphatic rings. The average Bonchev–Trinajstić information content (AvgIpc) is 2.32. The van der Waals surface area contributed by atoms with Gasteiger partial charge in [-0.05, 0) is 24.8 Å². The molecule has 1 aromatic carbocycles. The molecule has 0 unspecified atom stereocenters. The van der Waals surface area contributed by atoms with Gasteiger partial charge in [0.1, 0.15) is 23.1 Å². The number of hydrogen-bond acceptors (Lipinski definition) is 3. The van der Waals surface area contributed by atoms with Crippen molar-refractivity contribution >= 4 is 10.0 Å². The van der Waals surface area contributed by atoms with Crippen LogP contribution in [0.3, 0.4) is 0 Å². The predicted octanol–water partition coefficient (Wildman–Crippen LogP) is 1.39. The zero-order chi connectivity index (χ0) is 15.5. The van der Waals surface area contributed by atoms with Gasteiger partial charge in [0.05, 0.1) is 5.56 Å². The van der Waals surface area contributed by atoms with Crippen molar-refractivity contribution in [1.29, 1.82) is 0 Å². The van der Waals surface area contributed by atoms with Crippen LogP contribution in [-0.2, 0) is 10.0 Å². The number of nitrogens with one attached hydrogen (secondary N) is 1. The molecule has 0 saturated heterocycles. The van der Waals surface area contributed by atoms with Crippen molar-refractivity contribution in [3.8, 4) is 11.8 Å². The molecule has 0 radical (unpaired) electrons. The van der Waals surface area contributed by atoms with Crippen molar-refractivity contribution in [3.63, 3.8) is 0 Å². The Balaban J connectivity index is 2.35. The highest BCUT2D eigenvalue weighted by Gasteiger charge is 2.26. The third-order valence-electron chi connectivity index (χ3n) is 3.37. The maximum atomic E-state index is 13.9. The second kappa shape index (κ2) is 6.52. The van der Waals surface area contributed by atoms with E-state index < -0.39 is 33.2 Å². The minimum atomic E-state index is -4.12. The van der Waals surface area contributed by atoms with Crippen LogP contribution in [0.15, 0.2) is 17.0 Å². The molecule has 0 bridgehead atoms. The van der Waals surface area contributed by atoms with Crippen molar-refractivity contribution in [3.05, 3.63) is 29.3 Å². The molecule has 2 rings (SSSR count). The molecular formula is C14H15F2NO3S. The summed E-state index contributed by atoms with van der Waals surface area (Å²) in [5, 5.41) is 8.65. The molecule has 0 aromatic heterocycles. The van der Waals surface area contributed by atoms with E-state index in [2.05, 4.69) is 16.6 Å². The fourth-order valence-corrected chi connectivity index (χ4v) is 3.37. The smallest absolute Gasteiger partial charge is 0.244 e. The highest BCUT2D eigenvalue weighted by Crippen LogP contribution is 2.26. The van der Waals surface area contributed by atoms with Crippen molar-refractivity contribution in [2.75, 3.05) is 13.2 Å². The number of rotatable bonds is 4. The van der Waals surface area contributed by atoms with E-state index in [0.717, 1.165) is 25.3 Å². The van der Waals surface area contributed by atoms with E-state index in [1.165, 1.54) is 0 Å². The molecule has 1 fully saturated rings. The Hall–Kier alpha value is -1.49. The lowest BCUT2D eigenvalue weighted by Gasteiger charge is -2.25. The van der Waals surface area contributed by atoms with Crippen molar-refractivity contribution in [1.82, 2.24) is 4.72 Å². The van der Waals surface area contributed by atoms with Crippen LogP contribution in [0.5, 0.6) is 0 Å². The molecule has 114 valence electrons. The summed E-state index contributed by atoms with van der Waals surface area (Å²) < 4.78 is 53.8. The first kappa shape index (κ1) is 15.9. The fraction of sp³-hybridized carbons (Fsp3) is 0.429. The minimum absolute atomic E-state index is 0.228. The van der Waals surface area contributed by atoms with Gasteiger partial charge >= 0.3 is 0 Å². The Bertz CT molecular complexity index is 688. The van der Waals surface area contributed by atoms with Crippen LogP contribution in [0.4, 0.5) is 8.78 Å². The lowest BCUT2D eigenvalue weighted by atomic mass is 9.86. The lowest BCUT2D eigenvalue weighted by Crippen LogP contribution is -2.33. The normalized spacial score (nSPS) is 15.2. The van der Waals surface area contributed by atoms with Crippen molar-refractivity contribution in [2.45, 2.75) is 24.2 Å². The van der Waals surface area contributed by atoms with E-state index in [-0.39, 0.29) is 18.0 Å². The fourth-order valence-electron chi connectivity index (χ4n) is 2.06. The summed E-state index contributed by atoms with van der Waals surface area (Å²) in [7, 11) is -4.12. The monoisotopic (exact) mass is 315 g/mol. The van der Waals surface area contributed by atoms with Crippen LogP contribution in [0.1, 0.15) is 24.8 Å². The highest BCUT2D eigenvalue weighted by molar-refractivity contribution is 7.89. The maximum absolute atomic E-state index is 13.9. The van der Waals surface area contributed by atoms with E-state index in [9.17, 15) is 17.2 Å². The Morgan fingerprint density at radius 2 is 2.05 bits per heavy atom. The van der Waals surface area contributed by atoms with Crippen LogP contribution >= 0.6 is 0 Å². The standard InChI is InChI=1S/C14H15F2NO3S/c15-12-7-11(5-2-6-18)14(13(16)8-12)21(19,20)17-9-10-3-1-4-10/h7-8,10,17-18H,1,3-4,6,9H2. The second-order valence-electron chi connectivity index (χ2n) is 4.87. The van der Waals surface area contributed by atoms with Gasteiger partial charge in [-0.3, -0.25) is 0 Å². The van der Waals surface area contributed by atoms with Gasteiger partial charge in [-0.25, -0.2) is 21.9 Å². The number of aliphatic hydroxyl groups excluding tert-OH is 1. The molecule has 4 nitrogen and oxygen atoms in total. The molecule has 0 aliphatic heterocycles. The lowest BCUT2D eigenvalue weighted by molar-refractivity contribution is 0.316. The third kappa shape index (κ3) is 3.79. The largest absolute Gasteiger partial charge is 0.384 e. The molecule has 0 heterocycles. The predicted molar refractivity (Wildman–Crippen MR) is 72.9 cm³/mol.